The first-order chi connectivity index (χ1) is 7.02. The SMILES string of the molecule is CCC(CC)(CC)NC(=O)C1(N)CCC1. The smallest absolute Gasteiger partial charge is 0.240 e. The van der Waals surface area contributed by atoms with Crippen molar-refractivity contribution in [3.8, 4) is 0 Å². The Morgan fingerprint density at radius 2 is 1.73 bits per heavy atom. The highest BCUT2D eigenvalue weighted by Crippen LogP contribution is 2.31. The number of rotatable bonds is 5. The van der Waals surface area contributed by atoms with Crippen LogP contribution in [0.15, 0.2) is 0 Å². The van der Waals surface area contributed by atoms with Gasteiger partial charge in [-0.25, -0.2) is 0 Å². The fourth-order valence-electron chi connectivity index (χ4n) is 2.17. The third-order valence-corrected chi connectivity index (χ3v) is 4.11. The molecule has 0 saturated heterocycles. The molecule has 0 bridgehead atoms. The summed E-state index contributed by atoms with van der Waals surface area (Å²) in [5.41, 5.74) is 5.40. The van der Waals surface area contributed by atoms with E-state index in [9.17, 15) is 4.79 Å². The molecule has 15 heavy (non-hydrogen) atoms. The number of nitrogens with one attached hydrogen (secondary N) is 1. The maximum Gasteiger partial charge on any atom is 0.240 e. The van der Waals surface area contributed by atoms with E-state index in [1.165, 1.54) is 0 Å². The predicted molar refractivity (Wildman–Crippen MR) is 62.5 cm³/mol. The van der Waals surface area contributed by atoms with E-state index in [-0.39, 0.29) is 11.4 Å². The highest BCUT2D eigenvalue weighted by molar-refractivity contribution is 5.87. The molecule has 3 heteroatoms. The van der Waals surface area contributed by atoms with Crippen LogP contribution >= 0.6 is 0 Å². The largest absolute Gasteiger partial charge is 0.349 e. The highest BCUT2D eigenvalue weighted by atomic mass is 16.2. The van der Waals surface area contributed by atoms with Crippen LogP contribution in [0.2, 0.25) is 0 Å². The Morgan fingerprint density at radius 1 is 1.27 bits per heavy atom. The quantitative estimate of drug-likeness (QED) is 0.732. The van der Waals surface area contributed by atoms with Crippen molar-refractivity contribution in [1.29, 1.82) is 0 Å². The molecule has 0 aromatic rings. The molecule has 0 aromatic carbocycles. The van der Waals surface area contributed by atoms with Crippen LogP contribution in [0.4, 0.5) is 0 Å². The van der Waals surface area contributed by atoms with E-state index in [1.54, 1.807) is 0 Å². The molecule has 88 valence electrons. The minimum atomic E-state index is -0.565. The first kappa shape index (κ1) is 12.5. The summed E-state index contributed by atoms with van der Waals surface area (Å²) >= 11 is 0. The molecule has 1 saturated carbocycles. The van der Waals surface area contributed by atoms with Gasteiger partial charge in [0.25, 0.3) is 0 Å². The van der Waals surface area contributed by atoms with Gasteiger partial charge in [-0.2, -0.15) is 0 Å². The molecule has 3 nitrogen and oxygen atoms in total. The fourth-order valence-corrected chi connectivity index (χ4v) is 2.17. The lowest BCUT2D eigenvalue weighted by molar-refractivity contribution is -0.131. The van der Waals surface area contributed by atoms with Crippen molar-refractivity contribution in [1.82, 2.24) is 5.32 Å². The van der Waals surface area contributed by atoms with E-state index in [0.717, 1.165) is 38.5 Å². The van der Waals surface area contributed by atoms with Crippen LogP contribution in [0.3, 0.4) is 0 Å². The molecule has 0 unspecified atom stereocenters. The average Bonchev–Trinajstić information content (AvgIpc) is 2.22. The van der Waals surface area contributed by atoms with Gasteiger partial charge < -0.3 is 11.1 Å². The second-order valence-corrected chi connectivity index (χ2v) is 4.80. The Labute approximate surface area is 92.8 Å². The lowest BCUT2D eigenvalue weighted by Crippen LogP contribution is -2.63. The van der Waals surface area contributed by atoms with Gasteiger partial charge in [0.15, 0.2) is 0 Å². The van der Waals surface area contributed by atoms with E-state index in [1.807, 2.05) is 0 Å². The van der Waals surface area contributed by atoms with Crippen molar-refractivity contribution < 1.29 is 4.79 Å². The third kappa shape index (κ3) is 2.33. The molecule has 3 N–H and O–H groups in total. The van der Waals surface area contributed by atoms with Gasteiger partial charge >= 0.3 is 0 Å². The Hall–Kier alpha value is -0.570. The van der Waals surface area contributed by atoms with Crippen LogP contribution in [0.25, 0.3) is 0 Å². The van der Waals surface area contributed by atoms with Crippen LogP contribution in [0.1, 0.15) is 59.3 Å². The minimum absolute atomic E-state index is 0.0426. The molecule has 0 radical (unpaired) electrons. The monoisotopic (exact) mass is 212 g/mol. The Bertz CT molecular complexity index is 222. The highest BCUT2D eigenvalue weighted by Gasteiger charge is 2.42. The first-order valence-corrected chi connectivity index (χ1v) is 6.13. The van der Waals surface area contributed by atoms with E-state index in [0.29, 0.717) is 0 Å². The van der Waals surface area contributed by atoms with Crippen LogP contribution < -0.4 is 11.1 Å². The van der Waals surface area contributed by atoms with Crippen LogP contribution in [0.5, 0.6) is 0 Å². The summed E-state index contributed by atoms with van der Waals surface area (Å²) in [6.45, 7) is 6.37. The second kappa shape index (κ2) is 4.52. The summed E-state index contributed by atoms with van der Waals surface area (Å²) in [5, 5.41) is 3.16. The van der Waals surface area contributed by atoms with Gasteiger partial charge in [0.05, 0.1) is 5.54 Å². The molecule has 0 aliphatic heterocycles. The van der Waals surface area contributed by atoms with Crippen molar-refractivity contribution in [2.24, 2.45) is 5.73 Å². The van der Waals surface area contributed by atoms with Gasteiger partial charge in [0.2, 0.25) is 5.91 Å². The van der Waals surface area contributed by atoms with Gasteiger partial charge in [-0.05, 0) is 38.5 Å². The van der Waals surface area contributed by atoms with E-state index in [4.69, 9.17) is 5.73 Å². The maximum atomic E-state index is 12.0. The summed E-state index contributed by atoms with van der Waals surface area (Å²) in [6, 6.07) is 0. The van der Waals surface area contributed by atoms with Gasteiger partial charge in [-0.15, -0.1) is 0 Å². The fraction of sp³-hybridized carbons (Fsp3) is 0.917. The van der Waals surface area contributed by atoms with Crippen LogP contribution in [-0.4, -0.2) is 17.0 Å². The van der Waals surface area contributed by atoms with Gasteiger partial charge in [-0.3, -0.25) is 4.79 Å². The van der Waals surface area contributed by atoms with E-state index >= 15 is 0 Å². The molecular weight excluding hydrogens is 188 g/mol. The number of carbonyl (C=O) groups is 1. The molecule has 1 aliphatic rings. The standard InChI is InChI=1S/C12H24N2O/c1-4-11(5-2,6-3)14-10(15)12(13)8-7-9-12/h4-9,13H2,1-3H3,(H,14,15). The zero-order valence-electron chi connectivity index (χ0n) is 10.2. The number of hydrogen-bond acceptors (Lipinski definition) is 2. The van der Waals surface area contributed by atoms with Crippen molar-refractivity contribution in [2.45, 2.75) is 70.4 Å². The third-order valence-electron chi connectivity index (χ3n) is 4.11. The van der Waals surface area contributed by atoms with Crippen molar-refractivity contribution in [2.75, 3.05) is 0 Å². The summed E-state index contributed by atoms with van der Waals surface area (Å²) in [4.78, 5) is 12.0. The summed E-state index contributed by atoms with van der Waals surface area (Å²) in [5.74, 6) is 0.0549. The van der Waals surface area contributed by atoms with Crippen LogP contribution in [-0.2, 0) is 4.79 Å². The Balaban J connectivity index is 2.62. The zero-order chi connectivity index (χ0) is 11.5. The van der Waals surface area contributed by atoms with Gasteiger partial charge in [0.1, 0.15) is 0 Å². The van der Waals surface area contributed by atoms with Crippen molar-refractivity contribution in [3.05, 3.63) is 0 Å². The Morgan fingerprint density at radius 3 is 2.00 bits per heavy atom. The predicted octanol–water partition coefficient (Wildman–Crippen LogP) is 1.95. The van der Waals surface area contributed by atoms with Crippen LogP contribution in [0, 0.1) is 0 Å². The summed E-state index contributed by atoms with van der Waals surface area (Å²) in [7, 11) is 0. The average molecular weight is 212 g/mol. The molecule has 1 amide bonds. The molecule has 0 heterocycles. The lowest BCUT2D eigenvalue weighted by atomic mass is 9.76. The number of carbonyl (C=O) groups excluding carboxylic acids is 1. The molecule has 1 fully saturated rings. The number of amides is 1. The summed E-state index contributed by atoms with van der Waals surface area (Å²) < 4.78 is 0. The van der Waals surface area contributed by atoms with Crippen molar-refractivity contribution in [3.63, 3.8) is 0 Å². The Kier molecular flexibility index (Phi) is 3.77. The number of nitrogens with two attached hydrogens (primary N) is 1. The summed E-state index contributed by atoms with van der Waals surface area (Å²) in [6.07, 6.45) is 5.69. The maximum absolute atomic E-state index is 12.0. The van der Waals surface area contributed by atoms with Crippen molar-refractivity contribution >= 4 is 5.91 Å². The second-order valence-electron chi connectivity index (χ2n) is 4.80. The van der Waals surface area contributed by atoms with Gasteiger partial charge in [0, 0.05) is 5.54 Å². The molecular formula is C12H24N2O. The lowest BCUT2D eigenvalue weighted by Gasteiger charge is -2.41. The molecule has 0 spiro atoms. The zero-order valence-corrected chi connectivity index (χ0v) is 10.2. The molecule has 1 aliphatic carbocycles. The molecule has 0 aromatic heterocycles. The molecule has 0 atom stereocenters. The molecule has 1 rings (SSSR count). The first-order valence-electron chi connectivity index (χ1n) is 6.13. The van der Waals surface area contributed by atoms with Gasteiger partial charge in [-0.1, -0.05) is 20.8 Å². The topological polar surface area (TPSA) is 55.1 Å². The van der Waals surface area contributed by atoms with E-state index in [2.05, 4.69) is 26.1 Å². The minimum Gasteiger partial charge on any atom is -0.349 e. The normalized spacial score (nSPS) is 19.5. The number of hydrogen-bond donors (Lipinski definition) is 2. The van der Waals surface area contributed by atoms with E-state index < -0.39 is 5.54 Å².